The average Bonchev–Trinajstić information content (AvgIpc) is 2.61. The molecule has 2 aromatic carbocycles. The maximum atomic E-state index is 13.1. The highest BCUT2D eigenvalue weighted by molar-refractivity contribution is 7.89. The smallest absolute Gasteiger partial charge is 0.310 e. The lowest BCUT2D eigenvalue weighted by Gasteiger charge is -2.10. The predicted octanol–water partition coefficient (Wildman–Crippen LogP) is 1.77. The van der Waals surface area contributed by atoms with Crippen molar-refractivity contribution in [1.82, 2.24) is 4.72 Å². The van der Waals surface area contributed by atoms with Crippen LogP contribution in [0.15, 0.2) is 47.4 Å². The summed E-state index contributed by atoms with van der Waals surface area (Å²) in [5.41, 5.74) is 1.20. The van der Waals surface area contributed by atoms with Gasteiger partial charge < -0.3 is 10.1 Å². The molecule has 0 unspecified atom stereocenters. The number of benzene rings is 2. The van der Waals surface area contributed by atoms with Crippen LogP contribution in [-0.4, -0.2) is 33.9 Å². The zero-order valence-corrected chi connectivity index (χ0v) is 15.6. The normalized spacial score (nSPS) is 11.1. The van der Waals surface area contributed by atoms with Crippen molar-refractivity contribution >= 4 is 27.6 Å². The van der Waals surface area contributed by atoms with E-state index >= 15 is 0 Å². The van der Waals surface area contributed by atoms with Crippen LogP contribution < -0.4 is 10.0 Å². The van der Waals surface area contributed by atoms with E-state index in [4.69, 9.17) is 4.74 Å². The van der Waals surface area contributed by atoms with Crippen molar-refractivity contribution in [3.63, 3.8) is 0 Å². The van der Waals surface area contributed by atoms with Gasteiger partial charge in [-0.15, -0.1) is 0 Å². The number of hydrogen-bond donors (Lipinski definition) is 2. The summed E-state index contributed by atoms with van der Waals surface area (Å²) >= 11 is 0. The maximum absolute atomic E-state index is 13.1. The van der Waals surface area contributed by atoms with Crippen molar-refractivity contribution in [3.8, 4) is 0 Å². The van der Waals surface area contributed by atoms with Gasteiger partial charge >= 0.3 is 5.97 Å². The molecule has 2 rings (SSSR count). The molecule has 0 fully saturated rings. The van der Waals surface area contributed by atoms with Crippen LogP contribution in [0, 0.1) is 12.7 Å². The van der Waals surface area contributed by atoms with E-state index < -0.39 is 34.3 Å². The van der Waals surface area contributed by atoms with Crippen LogP contribution in [0.4, 0.5) is 10.1 Å². The van der Waals surface area contributed by atoms with Crippen LogP contribution in [0.5, 0.6) is 0 Å². The molecule has 0 aliphatic rings. The Kier molecular flexibility index (Phi) is 6.65. The Morgan fingerprint density at radius 2 is 1.89 bits per heavy atom. The summed E-state index contributed by atoms with van der Waals surface area (Å²) in [6.07, 6.45) is -0.167. The first kappa shape index (κ1) is 20.5. The molecule has 9 heteroatoms. The van der Waals surface area contributed by atoms with E-state index in [1.54, 1.807) is 19.1 Å². The molecular weight excluding hydrogens is 375 g/mol. The lowest BCUT2D eigenvalue weighted by atomic mass is 10.1. The molecule has 0 saturated carbocycles. The number of carbonyl (C=O) groups is 2. The number of hydrogen-bond acceptors (Lipinski definition) is 5. The molecule has 0 aliphatic carbocycles. The molecule has 7 nitrogen and oxygen atoms in total. The molecule has 0 radical (unpaired) electrons. The summed E-state index contributed by atoms with van der Waals surface area (Å²) in [5.74, 6) is -1.78. The number of carbonyl (C=O) groups excluding carboxylic acids is 2. The van der Waals surface area contributed by atoms with Crippen molar-refractivity contribution in [2.45, 2.75) is 18.2 Å². The highest BCUT2D eigenvalue weighted by Crippen LogP contribution is 2.19. The molecule has 0 spiro atoms. The van der Waals surface area contributed by atoms with E-state index in [1.807, 2.05) is 0 Å². The summed E-state index contributed by atoms with van der Waals surface area (Å²) in [7, 11) is -2.38. The first-order chi connectivity index (χ1) is 12.7. The van der Waals surface area contributed by atoms with Gasteiger partial charge in [-0.3, -0.25) is 9.59 Å². The zero-order chi connectivity index (χ0) is 20.0. The molecule has 144 valence electrons. The van der Waals surface area contributed by atoms with Crippen molar-refractivity contribution in [1.29, 1.82) is 0 Å². The van der Waals surface area contributed by atoms with Gasteiger partial charge in [0.2, 0.25) is 10.0 Å². The second kappa shape index (κ2) is 8.74. The summed E-state index contributed by atoms with van der Waals surface area (Å²) < 4.78 is 44.1. The number of sulfonamides is 1. The Labute approximate surface area is 156 Å². The lowest BCUT2D eigenvalue weighted by molar-refractivity contribution is -0.146. The summed E-state index contributed by atoms with van der Waals surface area (Å²) in [4.78, 5) is 23.7. The van der Waals surface area contributed by atoms with Crippen molar-refractivity contribution < 1.29 is 27.1 Å². The first-order valence-electron chi connectivity index (χ1n) is 7.95. The molecular formula is C18H19FN2O5S. The number of halogens is 1. The van der Waals surface area contributed by atoms with Crippen molar-refractivity contribution in [2.24, 2.45) is 0 Å². The molecule has 0 bridgehead atoms. The van der Waals surface area contributed by atoms with Gasteiger partial charge in [-0.05, 0) is 49.4 Å². The summed E-state index contributed by atoms with van der Waals surface area (Å²) in [6, 6.07) is 9.91. The Bertz CT molecular complexity index is 960. The molecule has 27 heavy (non-hydrogen) atoms. The van der Waals surface area contributed by atoms with E-state index in [0.717, 1.165) is 0 Å². The number of aryl methyl sites for hydroxylation is 1. The van der Waals surface area contributed by atoms with Crippen LogP contribution in [0.25, 0.3) is 0 Å². The Morgan fingerprint density at radius 3 is 2.56 bits per heavy atom. The fraction of sp³-hybridized carbons (Fsp3) is 0.222. The fourth-order valence-electron chi connectivity index (χ4n) is 2.29. The number of amides is 1. The van der Waals surface area contributed by atoms with Crippen LogP contribution in [0.1, 0.15) is 11.1 Å². The van der Waals surface area contributed by atoms with Crippen molar-refractivity contribution in [2.75, 3.05) is 19.0 Å². The standard InChI is InChI=1S/C18H19FN2O5S/c1-12-6-7-15(10-16(12)27(24,25)20-2)21-17(22)11-26-18(23)9-13-4-3-5-14(19)8-13/h3-8,10,20H,9,11H2,1-2H3,(H,21,22). The number of rotatable bonds is 7. The van der Waals surface area contributed by atoms with E-state index in [9.17, 15) is 22.4 Å². The van der Waals surface area contributed by atoms with Gasteiger partial charge in [-0.25, -0.2) is 17.5 Å². The second-order valence-corrected chi connectivity index (χ2v) is 7.56. The Hall–Kier alpha value is -2.78. The Balaban J connectivity index is 1.94. The molecule has 0 aliphatic heterocycles. The van der Waals surface area contributed by atoms with Gasteiger partial charge in [-0.1, -0.05) is 18.2 Å². The third kappa shape index (κ3) is 5.87. The third-order valence-electron chi connectivity index (χ3n) is 3.63. The van der Waals surface area contributed by atoms with E-state index in [1.165, 1.54) is 37.4 Å². The third-order valence-corrected chi connectivity index (χ3v) is 5.19. The van der Waals surface area contributed by atoms with Crippen LogP contribution in [-0.2, 0) is 30.8 Å². The maximum Gasteiger partial charge on any atom is 0.310 e. The molecule has 2 N–H and O–H groups in total. The molecule has 0 saturated heterocycles. The molecule has 0 atom stereocenters. The highest BCUT2D eigenvalue weighted by Gasteiger charge is 2.16. The van der Waals surface area contributed by atoms with Crippen LogP contribution in [0.3, 0.4) is 0 Å². The van der Waals surface area contributed by atoms with Crippen molar-refractivity contribution in [3.05, 3.63) is 59.4 Å². The molecule has 2 aromatic rings. The molecule has 1 amide bonds. The van der Waals surface area contributed by atoms with Gasteiger partial charge in [0, 0.05) is 5.69 Å². The molecule has 0 heterocycles. The number of anilines is 1. The highest BCUT2D eigenvalue weighted by atomic mass is 32.2. The Morgan fingerprint density at radius 1 is 1.15 bits per heavy atom. The van der Waals surface area contributed by atoms with E-state index in [-0.39, 0.29) is 17.0 Å². The number of ether oxygens (including phenoxy) is 1. The zero-order valence-electron chi connectivity index (χ0n) is 14.8. The minimum Gasteiger partial charge on any atom is -0.455 e. The predicted molar refractivity (Wildman–Crippen MR) is 97.1 cm³/mol. The average molecular weight is 394 g/mol. The van der Waals surface area contributed by atoms with Gasteiger partial charge in [0.15, 0.2) is 6.61 Å². The first-order valence-corrected chi connectivity index (χ1v) is 9.43. The lowest BCUT2D eigenvalue weighted by Crippen LogP contribution is -2.23. The monoisotopic (exact) mass is 394 g/mol. The number of esters is 1. The summed E-state index contributed by atoms with van der Waals surface area (Å²) in [6.45, 7) is 1.08. The van der Waals surface area contributed by atoms with E-state index in [0.29, 0.717) is 11.1 Å². The minimum atomic E-state index is -3.67. The SMILES string of the molecule is CNS(=O)(=O)c1cc(NC(=O)COC(=O)Cc2cccc(F)c2)ccc1C. The van der Waals surface area contributed by atoms with Gasteiger partial charge in [0.05, 0.1) is 11.3 Å². The summed E-state index contributed by atoms with van der Waals surface area (Å²) in [5, 5.41) is 2.47. The quantitative estimate of drug-likeness (QED) is 0.697. The second-order valence-electron chi connectivity index (χ2n) is 5.70. The fourth-order valence-corrected chi connectivity index (χ4v) is 3.28. The van der Waals surface area contributed by atoms with Gasteiger partial charge in [-0.2, -0.15) is 0 Å². The van der Waals surface area contributed by atoms with E-state index in [2.05, 4.69) is 10.0 Å². The van der Waals surface area contributed by atoms with Gasteiger partial charge in [0.1, 0.15) is 5.82 Å². The van der Waals surface area contributed by atoms with Gasteiger partial charge in [0.25, 0.3) is 5.91 Å². The topological polar surface area (TPSA) is 102 Å². The largest absolute Gasteiger partial charge is 0.455 e. The van der Waals surface area contributed by atoms with Crippen LogP contribution in [0.2, 0.25) is 0 Å². The minimum absolute atomic E-state index is 0.0332. The molecule has 0 aromatic heterocycles. The number of nitrogens with one attached hydrogen (secondary N) is 2. The van der Waals surface area contributed by atoms with Crippen LogP contribution >= 0.6 is 0 Å².